The van der Waals surface area contributed by atoms with Gasteiger partial charge in [0.25, 0.3) is 5.91 Å². The van der Waals surface area contributed by atoms with Gasteiger partial charge in [-0.3, -0.25) is 10.2 Å². The van der Waals surface area contributed by atoms with E-state index >= 15 is 0 Å². The molecule has 0 saturated carbocycles. The van der Waals surface area contributed by atoms with Crippen LogP contribution < -0.4 is 5.43 Å². The van der Waals surface area contributed by atoms with Gasteiger partial charge in [0.05, 0.1) is 5.69 Å². The number of anilines is 1. The minimum Gasteiger partial charge on any atom is -0.330 e. The zero-order chi connectivity index (χ0) is 16.5. The van der Waals surface area contributed by atoms with Crippen LogP contribution in [0.1, 0.15) is 13.8 Å². The lowest BCUT2D eigenvalue weighted by atomic mass is 10.1. The Hall–Kier alpha value is -2.07. The van der Waals surface area contributed by atoms with E-state index in [1.165, 1.54) is 0 Å². The number of nitrogens with one attached hydrogen (secondary N) is 1. The van der Waals surface area contributed by atoms with Crippen molar-refractivity contribution in [3.63, 3.8) is 0 Å². The van der Waals surface area contributed by atoms with E-state index < -0.39 is 0 Å². The Labute approximate surface area is 137 Å². The van der Waals surface area contributed by atoms with Gasteiger partial charge in [-0.05, 0) is 24.3 Å². The number of benzene rings is 1. The van der Waals surface area contributed by atoms with Crippen LogP contribution in [0.25, 0.3) is 0 Å². The standard InChI is InChI=1S/C17H22ClN3O/c1-5-11-21(12-6-2)17(22)16(13(3)4)20-19-15-9-7-14(18)8-10-15/h5-10,13,19H,1-2,11-12H2,3-4H3/b20-16+. The third-order valence-corrected chi connectivity index (χ3v) is 3.15. The summed E-state index contributed by atoms with van der Waals surface area (Å²) in [6, 6.07) is 7.13. The van der Waals surface area contributed by atoms with Gasteiger partial charge in [0.2, 0.25) is 0 Å². The molecular formula is C17H22ClN3O. The van der Waals surface area contributed by atoms with E-state index in [4.69, 9.17) is 11.6 Å². The van der Waals surface area contributed by atoms with Crippen LogP contribution in [-0.2, 0) is 4.79 Å². The molecule has 1 aromatic rings. The molecule has 1 rings (SSSR count). The number of rotatable bonds is 8. The first-order valence-electron chi connectivity index (χ1n) is 7.09. The summed E-state index contributed by atoms with van der Waals surface area (Å²) in [5, 5.41) is 4.92. The molecule has 0 aliphatic rings. The van der Waals surface area contributed by atoms with Gasteiger partial charge >= 0.3 is 0 Å². The van der Waals surface area contributed by atoms with E-state index in [9.17, 15) is 4.79 Å². The fourth-order valence-electron chi connectivity index (χ4n) is 1.79. The molecule has 0 spiro atoms. The molecule has 1 N–H and O–H groups in total. The second-order valence-corrected chi connectivity index (χ2v) is 5.49. The van der Waals surface area contributed by atoms with Crippen molar-refractivity contribution in [1.82, 2.24) is 4.90 Å². The average Bonchev–Trinajstić information content (AvgIpc) is 2.48. The SMILES string of the molecule is C=CCN(CC=C)C(=O)/C(=N/Nc1ccc(Cl)cc1)C(C)C. The minimum absolute atomic E-state index is 0.00979. The molecule has 0 fully saturated rings. The maximum absolute atomic E-state index is 12.6. The maximum Gasteiger partial charge on any atom is 0.270 e. The normalized spacial score (nSPS) is 11.2. The molecule has 0 aromatic heterocycles. The molecule has 1 aromatic carbocycles. The first-order valence-corrected chi connectivity index (χ1v) is 7.47. The fraction of sp³-hybridized carbons (Fsp3) is 0.294. The van der Waals surface area contributed by atoms with Crippen LogP contribution in [0.3, 0.4) is 0 Å². The molecule has 4 nitrogen and oxygen atoms in total. The topological polar surface area (TPSA) is 44.7 Å². The number of amides is 1. The van der Waals surface area contributed by atoms with Crippen molar-refractivity contribution in [1.29, 1.82) is 0 Å². The highest BCUT2D eigenvalue weighted by Crippen LogP contribution is 2.14. The highest BCUT2D eigenvalue weighted by atomic mass is 35.5. The first-order chi connectivity index (χ1) is 10.5. The predicted molar refractivity (Wildman–Crippen MR) is 94.3 cm³/mol. The summed E-state index contributed by atoms with van der Waals surface area (Å²) in [5.41, 5.74) is 4.13. The molecule has 0 aliphatic carbocycles. The van der Waals surface area contributed by atoms with Crippen LogP contribution in [0, 0.1) is 5.92 Å². The molecule has 5 heteroatoms. The third-order valence-electron chi connectivity index (χ3n) is 2.90. The maximum atomic E-state index is 12.6. The number of hydrazone groups is 1. The van der Waals surface area contributed by atoms with E-state index in [1.807, 2.05) is 13.8 Å². The van der Waals surface area contributed by atoms with E-state index in [0.29, 0.717) is 23.8 Å². The Balaban J connectivity index is 2.92. The predicted octanol–water partition coefficient (Wildman–Crippen LogP) is 3.96. The molecule has 118 valence electrons. The summed E-state index contributed by atoms with van der Waals surface area (Å²) in [6.07, 6.45) is 3.37. The molecule has 0 bridgehead atoms. The number of hydrogen-bond acceptors (Lipinski definition) is 3. The lowest BCUT2D eigenvalue weighted by Gasteiger charge is -2.21. The molecule has 0 radical (unpaired) electrons. The van der Waals surface area contributed by atoms with Crippen LogP contribution in [0.5, 0.6) is 0 Å². The van der Waals surface area contributed by atoms with Crippen LogP contribution in [0.15, 0.2) is 54.7 Å². The number of nitrogens with zero attached hydrogens (tertiary/aromatic N) is 2. The largest absolute Gasteiger partial charge is 0.330 e. The van der Waals surface area contributed by atoms with Crippen molar-refractivity contribution in [3.8, 4) is 0 Å². The quantitative estimate of drug-likeness (QED) is 0.448. The van der Waals surface area contributed by atoms with Gasteiger partial charge in [-0.2, -0.15) is 5.10 Å². The Morgan fingerprint density at radius 3 is 2.27 bits per heavy atom. The molecule has 0 heterocycles. The van der Waals surface area contributed by atoms with Crippen LogP contribution in [0.4, 0.5) is 5.69 Å². The van der Waals surface area contributed by atoms with E-state index in [0.717, 1.165) is 5.69 Å². The highest BCUT2D eigenvalue weighted by Gasteiger charge is 2.21. The van der Waals surface area contributed by atoms with Crippen LogP contribution in [0.2, 0.25) is 5.02 Å². The zero-order valence-corrected chi connectivity index (χ0v) is 13.8. The number of carbonyl (C=O) groups excluding carboxylic acids is 1. The Bertz CT molecular complexity index is 540. The first kappa shape index (κ1) is 18.0. The fourth-order valence-corrected chi connectivity index (χ4v) is 1.91. The van der Waals surface area contributed by atoms with Crippen LogP contribution >= 0.6 is 11.6 Å². The molecule has 0 unspecified atom stereocenters. The summed E-state index contributed by atoms with van der Waals surface area (Å²) in [7, 11) is 0. The zero-order valence-electron chi connectivity index (χ0n) is 13.1. The summed E-state index contributed by atoms with van der Waals surface area (Å²) in [6.45, 7) is 12.1. The lowest BCUT2D eigenvalue weighted by molar-refractivity contribution is -0.123. The van der Waals surface area contributed by atoms with Crippen molar-refractivity contribution in [3.05, 3.63) is 54.6 Å². The summed E-state index contributed by atoms with van der Waals surface area (Å²) in [5.74, 6) is -0.138. The van der Waals surface area contributed by atoms with Gasteiger partial charge in [-0.1, -0.05) is 37.6 Å². The monoisotopic (exact) mass is 319 g/mol. The van der Waals surface area contributed by atoms with Gasteiger partial charge in [0, 0.05) is 24.0 Å². The van der Waals surface area contributed by atoms with Gasteiger partial charge in [-0.15, -0.1) is 13.2 Å². The van der Waals surface area contributed by atoms with Crippen LogP contribution in [-0.4, -0.2) is 29.6 Å². The van der Waals surface area contributed by atoms with E-state index in [1.54, 1.807) is 41.3 Å². The highest BCUT2D eigenvalue weighted by molar-refractivity contribution is 6.39. The van der Waals surface area contributed by atoms with Gasteiger partial charge in [0.1, 0.15) is 5.71 Å². The van der Waals surface area contributed by atoms with Crippen molar-refractivity contribution in [2.24, 2.45) is 11.0 Å². The second kappa shape index (κ2) is 9.05. The van der Waals surface area contributed by atoms with E-state index in [2.05, 4.69) is 23.7 Å². The third kappa shape index (κ3) is 5.37. The average molecular weight is 320 g/mol. The number of hydrogen-bond donors (Lipinski definition) is 1. The molecule has 1 amide bonds. The van der Waals surface area contributed by atoms with Crippen molar-refractivity contribution in [2.75, 3.05) is 18.5 Å². The number of carbonyl (C=O) groups is 1. The van der Waals surface area contributed by atoms with Crippen molar-refractivity contribution >= 4 is 28.9 Å². The molecule has 0 saturated heterocycles. The Morgan fingerprint density at radius 2 is 1.82 bits per heavy atom. The van der Waals surface area contributed by atoms with Gasteiger partial charge < -0.3 is 4.90 Å². The number of halogens is 1. The van der Waals surface area contributed by atoms with Crippen molar-refractivity contribution < 1.29 is 4.79 Å². The smallest absolute Gasteiger partial charge is 0.270 e. The Morgan fingerprint density at radius 1 is 1.27 bits per heavy atom. The Kier molecular flexibility index (Phi) is 7.40. The molecular weight excluding hydrogens is 298 g/mol. The summed E-state index contributed by atoms with van der Waals surface area (Å²) < 4.78 is 0. The second-order valence-electron chi connectivity index (χ2n) is 5.06. The molecule has 22 heavy (non-hydrogen) atoms. The van der Waals surface area contributed by atoms with Gasteiger partial charge in [-0.25, -0.2) is 0 Å². The summed E-state index contributed by atoms with van der Waals surface area (Å²) in [4.78, 5) is 14.2. The molecule has 0 atom stereocenters. The molecule has 0 aliphatic heterocycles. The van der Waals surface area contributed by atoms with E-state index in [-0.39, 0.29) is 11.8 Å². The lowest BCUT2D eigenvalue weighted by Crippen LogP contribution is -2.39. The minimum atomic E-state index is -0.128. The van der Waals surface area contributed by atoms with Gasteiger partial charge in [0.15, 0.2) is 0 Å². The summed E-state index contributed by atoms with van der Waals surface area (Å²) >= 11 is 5.84. The van der Waals surface area contributed by atoms with Crippen molar-refractivity contribution in [2.45, 2.75) is 13.8 Å².